The number of halogens is 1. The van der Waals surface area contributed by atoms with Crippen LogP contribution in [0.3, 0.4) is 0 Å². The normalized spacial score (nSPS) is 11.0. The summed E-state index contributed by atoms with van der Waals surface area (Å²) in [6.07, 6.45) is 1.04. The van der Waals surface area contributed by atoms with Crippen molar-refractivity contribution in [1.29, 1.82) is 0 Å². The van der Waals surface area contributed by atoms with Crippen molar-refractivity contribution >= 4 is 34.3 Å². The van der Waals surface area contributed by atoms with Crippen molar-refractivity contribution in [3.8, 4) is 0 Å². The van der Waals surface area contributed by atoms with Crippen molar-refractivity contribution in [2.75, 3.05) is 0 Å². The summed E-state index contributed by atoms with van der Waals surface area (Å²) in [7, 11) is 0. The van der Waals surface area contributed by atoms with E-state index < -0.39 is 5.97 Å². The van der Waals surface area contributed by atoms with Gasteiger partial charge in [-0.2, -0.15) is 0 Å². The van der Waals surface area contributed by atoms with Gasteiger partial charge in [0, 0.05) is 28.3 Å². The summed E-state index contributed by atoms with van der Waals surface area (Å²) in [5.41, 5.74) is 1.48. The average molecular weight is 317 g/mol. The Balaban J connectivity index is 2.19. The molecule has 3 rings (SSSR count). The number of carbonyl (C=O) groups excluding carboxylic acids is 2. The van der Waals surface area contributed by atoms with Crippen molar-refractivity contribution in [3.63, 3.8) is 0 Å². The fraction of sp³-hybridized carbons (Fsp3) is 0.133. The number of ketones is 1. The SMILES string of the molecule is Cc1ncc(C(=O)c2[nH]c3ccc(Cl)cc3c2CC(=O)[O-])[nH]1. The number of rotatable bonds is 4. The van der Waals surface area contributed by atoms with Crippen molar-refractivity contribution in [3.05, 3.63) is 52.2 Å². The van der Waals surface area contributed by atoms with E-state index in [-0.39, 0.29) is 23.6 Å². The quantitative estimate of drug-likeness (QED) is 0.710. The number of aromatic nitrogens is 3. The molecule has 0 fully saturated rings. The zero-order valence-corrected chi connectivity index (χ0v) is 12.3. The van der Waals surface area contributed by atoms with Gasteiger partial charge in [-0.15, -0.1) is 0 Å². The minimum atomic E-state index is -1.27. The molecule has 0 radical (unpaired) electrons. The Morgan fingerprint density at radius 1 is 1.32 bits per heavy atom. The molecule has 6 nitrogen and oxygen atoms in total. The molecule has 0 atom stereocenters. The molecule has 0 bridgehead atoms. The fourth-order valence-corrected chi connectivity index (χ4v) is 2.58. The summed E-state index contributed by atoms with van der Waals surface area (Å²) < 4.78 is 0. The monoisotopic (exact) mass is 316 g/mol. The molecule has 2 N–H and O–H groups in total. The van der Waals surface area contributed by atoms with Crippen LogP contribution < -0.4 is 5.11 Å². The Bertz CT molecular complexity index is 895. The van der Waals surface area contributed by atoms with E-state index in [1.165, 1.54) is 6.20 Å². The summed E-state index contributed by atoms with van der Waals surface area (Å²) >= 11 is 5.96. The number of carboxylic acids is 1. The lowest BCUT2D eigenvalue weighted by molar-refractivity contribution is -0.304. The number of hydrogen-bond donors (Lipinski definition) is 2. The number of hydrogen-bond acceptors (Lipinski definition) is 4. The number of fused-ring (bicyclic) bond motifs is 1. The number of imidazole rings is 1. The molecule has 7 heteroatoms. The Morgan fingerprint density at radius 2 is 2.09 bits per heavy atom. The zero-order valence-electron chi connectivity index (χ0n) is 11.6. The van der Waals surface area contributed by atoms with Gasteiger partial charge < -0.3 is 19.9 Å². The zero-order chi connectivity index (χ0) is 15.9. The molecule has 112 valence electrons. The van der Waals surface area contributed by atoms with Crippen LogP contribution in [-0.4, -0.2) is 26.7 Å². The van der Waals surface area contributed by atoms with Crippen molar-refractivity contribution in [2.24, 2.45) is 0 Å². The van der Waals surface area contributed by atoms with Gasteiger partial charge in [0.1, 0.15) is 11.5 Å². The number of H-pyrrole nitrogens is 2. The Kier molecular flexibility index (Phi) is 3.46. The molecule has 3 aromatic rings. The largest absolute Gasteiger partial charge is 0.550 e. The van der Waals surface area contributed by atoms with Crippen LogP contribution in [0.5, 0.6) is 0 Å². The third-order valence-corrected chi connectivity index (χ3v) is 3.60. The fourth-order valence-electron chi connectivity index (χ4n) is 2.41. The minimum absolute atomic E-state index is 0.199. The molecular weight excluding hydrogens is 306 g/mol. The van der Waals surface area contributed by atoms with Crippen molar-refractivity contribution in [2.45, 2.75) is 13.3 Å². The van der Waals surface area contributed by atoms with E-state index in [2.05, 4.69) is 15.0 Å². The number of benzene rings is 1. The number of aliphatic carboxylic acids is 1. The first kappa shape index (κ1) is 14.3. The van der Waals surface area contributed by atoms with Gasteiger partial charge in [-0.1, -0.05) is 11.6 Å². The second kappa shape index (κ2) is 5.31. The van der Waals surface area contributed by atoms with Crippen LogP contribution in [0.2, 0.25) is 5.02 Å². The lowest BCUT2D eigenvalue weighted by Crippen LogP contribution is -2.25. The number of aromatic amines is 2. The number of aryl methyl sites for hydroxylation is 1. The molecule has 2 heterocycles. The van der Waals surface area contributed by atoms with Gasteiger partial charge in [0.25, 0.3) is 0 Å². The van der Waals surface area contributed by atoms with Crippen molar-refractivity contribution in [1.82, 2.24) is 15.0 Å². The van der Waals surface area contributed by atoms with E-state index >= 15 is 0 Å². The Hall–Kier alpha value is -2.60. The lowest BCUT2D eigenvalue weighted by atomic mass is 10.0. The highest BCUT2D eigenvalue weighted by Gasteiger charge is 2.20. The molecular formula is C15H11ClN3O3-. The summed E-state index contributed by atoms with van der Waals surface area (Å²) in [5, 5.41) is 12.1. The Morgan fingerprint density at radius 3 is 2.73 bits per heavy atom. The molecule has 0 aliphatic carbocycles. The van der Waals surface area contributed by atoms with Crippen LogP contribution >= 0.6 is 11.6 Å². The molecule has 0 spiro atoms. The number of nitrogens with one attached hydrogen (secondary N) is 2. The lowest BCUT2D eigenvalue weighted by Gasteiger charge is -2.04. The maximum absolute atomic E-state index is 12.6. The van der Waals surface area contributed by atoms with E-state index in [9.17, 15) is 14.7 Å². The van der Waals surface area contributed by atoms with Crippen LogP contribution in [0, 0.1) is 6.92 Å². The van der Waals surface area contributed by atoms with Crippen LogP contribution in [0.25, 0.3) is 10.9 Å². The van der Waals surface area contributed by atoms with Gasteiger partial charge in [-0.3, -0.25) is 4.79 Å². The van der Waals surface area contributed by atoms with E-state index in [0.717, 1.165) is 0 Å². The highest BCUT2D eigenvalue weighted by atomic mass is 35.5. The van der Waals surface area contributed by atoms with Crippen LogP contribution in [-0.2, 0) is 11.2 Å². The topological polar surface area (TPSA) is 102 Å². The molecule has 0 aliphatic heterocycles. The Labute approximate surface area is 130 Å². The van der Waals surface area contributed by atoms with Gasteiger partial charge in [-0.05, 0) is 30.7 Å². The average Bonchev–Trinajstić information content (AvgIpc) is 3.03. The third-order valence-electron chi connectivity index (χ3n) is 3.36. The highest BCUT2D eigenvalue weighted by Crippen LogP contribution is 2.27. The first-order valence-corrected chi connectivity index (χ1v) is 6.89. The van der Waals surface area contributed by atoms with Gasteiger partial charge in [0.2, 0.25) is 5.78 Å². The molecule has 0 amide bonds. The summed E-state index contributed by atoms with van der Waals surface area (Å²) in [4.78, 5) is 33.4. The van der Waals surface area contributed by atoms with Gasteiger partial charge >= 0.3 is 0 Å². The van der Waals surface area contributed by atoms with Crippen LogP contribution in [0.1, 0.15) is 27.6 Å². The molecule has 0 aliphatic rings. The molecule has 2 aromatic heterocycles. The predicted octanol–water partition coefficient (Wildman–Crippen LogP) is 1.38. The van der Waals surface area contributed by atoms with Gasteiger partial charge in [-0.25, -0.2) is 4.98 Å². The number of nitrogens with zero attached hydrogens (tertiary/aromatic N) is 1. The third kappa shape index (κ3) is 2.48. The number of carboxylic acid groups (broad SMARTS) is 1. The maximum atomic E-state index is 12.6. The second-order valence-corrected chi connectivity index (χ2v) is 5.37. The summed E-state index contributed by atoms with van der Waals surface area (Å²) in [6.45, 7) is 1.73. The minimum Gasteiger partial charge on any atom is -0.550 e. The van der Waals surface area contributed by atoms with E-state index in [1.54, 1.807) is 25.1 Å². The van der Waals surface area contributed by atoms with Gasteiger partial charge in [0.05, 0.1) is 11.9 Å². The predicted molar refractivity (Wildman–Crippen MR) is 78.8 cm³/mol. The standard InChI is InChI=1S/C15H12ClN3O3/c1-7-17-6-12(18-7)15(22)14-10(5-13(20)21)9-4-8(16)2-3-11(9)19-14/h2-4,6,19H,5H2,1H3,(H,17,18)(H,20,21)/p-1. The van der Waals surface area contributed by atoms with Crippen LogP contribution in [0.4, 0.5) is 0 Å². The second-order valence-electron chi connectivity index (χ2n) is 4.93. The van der Waals surface area contributed by atoms with Crippen LogP contribution in [0.15, 0.2) is 24.4 Å². The maximum Gasteiger partial charge on any atom is 0.227 e. The molecule has 0 saturated heterocycles. The number of carbonyl (C=O) groups is 2. The highest BCUT2D eigenvalue weighted by molar-refractivity contribution is 6.31. The van der Waals surface area contributed by atoms with E-state index in [0.29, 0.717) is 27.3 Å². The molecule has 22 heavy (non-hydrogen) atoms. The summed E-state index contributed by atoms with van der Waals surface area (Å²) in [6, 6.07) is 4.99. The first-order chi connectivity index (χ1) is 10.5. The van der Waals surface area contributed by atoms with E-state index in [1.807, 2.05) is 0 Å². The smallest absolute Gasteiger partial charge is 0.227 e. The van der Waals surface area contributed by atoms with Crippen molar-refractivity contribution < 1.29 is 14.7 Å². The first-order valence-electron chi connectivity index (χ1n) is 6.52. The molecule has 0 saturated carbocycles. The molecule has 0 unspecified atom stereocenters. The van der Waals surface area contributed by atoms with Gasteiger partial charge in [0.15, 0.2) is 0 Å². The molecule has 1 aromatic carbocycles. The van der Waals surface area contributed by atoms with E-state index in [4.69, 9.17) is 11.6 Å². The summed E-state index contributed by atoms with van der Waals surface area (Å²) in [5.74, 6) is -1.02.